The molecule has 2 aromatic rings. The third-order valence-electron chi connectivity index (χ3n) is 9.27. The van der Waals surface area contributed by atoms with Crippen LogP contribution in [0.4, 0.5) is 4.79 Å². The fraction of sp³-hybridized carbons (Fsp3) is 0.711. The Morgan fingerprint density at radius 1 is 0.800 bits per heavy atom. The van der Waals surface area contributed by atoms with E-state index in [2.05, 4.69) is 53.2 Å². The van der Waals surface area contributed by atoms with Crippen LogP contribution in [0.1, 0.15) is 141 Å². The van der Waals surface area contributed by atoms with E-state index >= 15 is 0 Å². The topological polar surface area (TPSA) is 68.5 Å². The maximum Gasteiger partial charge on any atom is 0.407 e. The highest BCUT2D eigenvalue weighted by Crippen LogP contribution is 2.48. The third-order valence-corrected chi connectivity index (χ3v) is 10.8. The minimum Gasteiger partial charge on any atom is -0.469 e. The number of hydrogen-bond acceptors (Lipinski definition) is 5. The van der Waals surface area contributed by atoms with E-state index in [-0.39, 0.29) is 16.8 Å². The van der Waals surface area contributed by atoms with Crippen LogP contribution in [0.5, 0.6) is 0 Å². The van der Waals surface area contributed by atoms with Gasteiger partial charge < -0.3 is 14.8 Å². The van der Waals surface area contributed by atoms with Gasteiger partial charge in [-0.25, -0.2) is 4.79 Å². The number of alkyl carbamates (subject to hydrolysis) is 1. The van der Waals surface area contributed by atoms with Gasteiger partial charge in [0.2, 0.25) is 11.2 Å². The van der Waals surface area contributed by atoms with Gasteiger partial charge in [0, 0.05) is 36.9 Å². The van der Waals surface area contributed by atoms with Gasteiger partial charge in [0.1, 0.15) is 17.9 Å². The SMILES string of the molecule is CCCCCCCCCCCCCCCCCCNC(=O)OCC1(c2ccc3ccccc3[n+]2CCCCC(=O)OC)CCS1. The molecule has 45 heavy (non-hydrogen) atoms. The highest BCUT2D eigenvalue weighted by atomic mass is 32.2. The second-order valence-corrected chi connectivity index (χ2v) is 14.3. The predicted octanol–water partition coefficient (Wildman–Crippen LogP) is 9.79. The second kappa shape index (κ2) is 22.3. The molecule has 0 aliphatic carbocycles. The van der Waals surface area contributed by atoms with E-state index in [0.29, 0.717) is 19.6 Å². The number of hydrogen-bond donors (Lipinski definition) is 1. The lowest BCUT2D eigenvalue weighted by Crippen LogP contribution is -2.51. The van der Waals surface area contributed by atoms with Crippen LogP contribution in [0, 0.1) is 0 Å². The number of carbonyl (C=O) groups excluding carboxylic acids is 2. The number of nitrogens with zero attached hydrogens (tertiary/aromatic N) is 1. The molecule has 1 N–H and O–H groups in total. The molecule has 2 heterocycles. The number of pyridine rings is 1. The van der Waals surface area contributed by atoms with Gasteiger partial charge in [-0.05, 0) is 37.1 Å². The number of ether oxygens (including phenoxy) is 2. The van der Waals surface area contributed by atoms with Crippen LogP contribution in [0.15, 0.2) is 36.4 Å². The Kier molecular flexibility index (Phi) is 18.4. The number of esters is 1. The Hall–Kier alpha value is -2.28. The highest BCUT2D eigenvalue weighted by Gasteiger charge is 2.48. The molecule has 252 valence electrons. The first kappa shape index (κ1) is 37.2. The van der Waals surface area contributed by atoms with Gasteiger partial charge in [0.25, 0.3) is 0 Å². The summed E-state index contributed by atoms with van der Waals surface area (Å²) in [5.74, 6) is 0.891. The lowest BCUT2D eigenvalue weighted by atomic mass is 9.98. The number of nitrogens with one attached hydrogen (secondary N) is 1. The van der Waals surface area contributed by atoms with Crippen molar-refractivity contribution in [2.75, 3.05) is 26.0 Å². The average Bonchev–Trinajstić information content (AvgIpc) is 3.04. The molecule has 1 unspecified atom stereocenters. The molecule has 0 radical (unpaired) electrons. The van der Waals surface area contributed by atoms with Gasteiger partial charge in [-0.1, -0.05) is 115 Å². The van der Waals surface area contributed by atoms with Gasteiger partial charge in [0.15, 0.2) is 0 Å². The molecule has 1 fully saturated rings. The van der Waals surface area contributed by atoms with Crippen LogP contribution < -0.4 is 9.88 Å². The fourth-order valence-electron chi connectivity index (χ4n) is 6.38. The Morgan fingerprint density at radius 3 is 1.98 bits per heavy atom. The van der Waals surface area contributed by atoms with Crippen LogP contribution in [0.3, 0.4) is 0 Å². The first-order valence-electron chi connectivity index (χ1n) is 18.1. The van der Waals surface area contributed by atoms with Crippen LogP contribution >= 0.6 is 11.8 Å². The monoisotopic (exact) mass is 641 g/mol. The zero-order valence-corrected chi connectivity index (χ0v) is 29.2. The number of benzene rings is 1. The molecule has 1 aromatic heterocycles. The van der Waals surface area contributed by atoms with Gasteiger partial charge in [-0.2, -0.15) is 4.57 Å². The van der Waals surface area contributed by atoms with E-state index in [9.17, 15) is 9.59 Å². The Balaban J connectivity index is 1.30. The summed E-state index contributed by atoms with van der Waals surface area (Å²) in [5.41, 5.74) is 2.37. The van der Waals surface area contributed by atoms with E-state index in [1.807, 2.05) is 11.8 Å². The number of unbranched alkanes of at least 4 members (excludes halogenated alkanes) is 16. The van der Waals surface area contributed by atoms with Crippen LogP contribution in [-0.2, 0) is 25.6 Å². The predicted molar refractivity (Wildman–Crippen MR) is 188 cm³/mol. The minimum absolute atomic E-state index is 0.164. The molecule has 0 bridgehead atoms. The smallest absolute Gasteiger partial charge is 0.407 e. The molecule has 0 spiro atoms. The summed E-state index contributed by atoms with van der Waals surface area (Å²) < 4.78 is 12.8. The van der Waals surface area contributed by atoms with Crippen molar-refractivity contribution in [3.63, 3.8) is 0 Å². The van der Waals surface area contributed by atoms with Crippen LogP contribution in [0.25, 0.3) is 10.9 Å². The Morgan fingerprint density at radius 2 is 1.40 bits per heavy atom. The zero-order chi connectivity index (χ0) is 32.0. The lowest BCUT2D eigenvalue weighted by molar-refractivity contribution is -0.681. The number of aromatic nitrogens is 1. The van der Waals surface area contributed by atoms with E-state index in [0.717, 1.165) is 44.4 Å². The van der Waals surface area contributed by atoms with Gasteiger partial charge in [-0.15, -0.1) is 11.8 Å². The van der Waals surface area contributed by atoms with Gasteiger partial charge in [0.05, 0.1) is 7.11 Å². The lowest BCUT2D eigenvalue weighted by Gasteiger charge is -2.38. The number of para-hydroxylation sites is 1. The van der Waals surface area contributed by atoms with Crippen molar-refractivity contribution in [2.24, 2.45) is 0 Å². The molecule has 1 atom stereocenters. The number of rotatable bonds is 25. The number of methoxy groups -OCH3 is 1. The van der Waals surface area contributed by atoms with Gasteiger partial charge >= 0.3 is 12.1 Å². The minimum atomic E-state index is -0.312. The first-order valence-corrected chi connectivity index (χ1v) is 19.1. The van der Waals surface area contributed by atoms with Crippen molar-refractivity contribution in [3.8, 4) is 0 Å². The third kappa shape index (κ3) is 13.5. The maximum absolute atomic E-state index is 12.6. The molecule has 1 saturated heterocycles. The second-order valence-electron chi connectivity index (χ2n) is 12.9. The van der Waals surface area contributed by atoms with Crippen molar-refractivity contribution >= 4 is 34.7 Å². The summed E-state index contributed by atoms with van der Waals surface area (Å²) >= 11 is 1.87. The van der Waals surface area contributed by atoms with E-state index in [1.165, 1.54) is 114 Å². The van der Waals surface area contributed by atoms with Crippen molar-refractivity contribution in [1.29, 1.82) is 0 Å². The molecule has 3 rings (SSSR count). The molecule has 1 amide bonds. The molecule has 7 heteroatoms. The average molecular weight is 642 g/mol. The molecule has 1 aromatic carbocycles. The molecule has 1 aliphatic rings. The highest BCUT2D eigenvalue weighted by molar-refractivity contribution is 8.01. The van der Waals surface area contributed by atoms with Gasteiger partial charge in [-0.3, -0.25) is 4.79 Å². The number of thioether (sulfide) groups is 1. The number of fused-ring (bicyclic) bond motifs is 1. The summed E-state index contributed by atoms with van der Waals surface area (Å²) in [5, 5.41) is 4.17. The van der Waals surface area contributed by atoms with Crippen LogP contribution in [0.2, 0.25) is 0 Å². The first-order chi connectivity index (χ1) is 22.1. The zero-order valence-electron chi connectivity index (χ0n) is 28.4. The van der Waals surface area contributed by atoms with E-state index in [4.69, 9.17) is 9.47 Å². The summed E-state index contributed by atoms with van der Waals surface area (Å²) in [6.07, 6.45) is 24.2. The molecule has 1 aliphatic heterocycles. The number of aryl methyl sites for hydroxylation is 1. The van der Waals surface area contributed by atoms with Crippen LogP contribution in [-0.4, -0.2) is 38.1 Å². The summed E-state index contributed by atoms with van der Waals surface area (Å²) in [6.45, 7) is 4.13. The quantitative estimate of drug-likeness (QED) is 0.0664. The Bertz CT molecular complexity index is 1120. The molecular weight excluding hydrogens is 580 g/mol. The number of carbonyl (C=O) groups is 2. The maximum atomic E-state index is 12.6. The van der Waals surface area contributed by atoms with E-state index in [1.54, 1.807) is 0 Å². The summed E-state index contributed by atoms with van der Waals surface area (Å²) in [7, 11) is 1.44. The largest absolute Gasteiger partial charge is 0.469 e. The van der Waals surface area contributed by atoms with E-state index < -0.39 is 0 Å². The molecule has 0 saturated carbocycles. The fourth-order valence-corrected chi connectivity index (χ4v) is 7.54. The summed E-state index contributed by atoms with van der Waals surface area (Å²) in [4.78, 5) is 24.2. The normalized spacial score (nSPS) is 16.0. The standard InChI is InChI=1S/C38H60N2O4S/c1-3-4-5-6-7-8-9-10-11-12-13-14-15-16-17-21-29-39-37(42)44-32-38(28-31-45-38)35-27-26-33-23-18-19-24-34(33)40(35)30-22-20-25-36(41)43-2/h18-19,23-24,26-27H,3-17,20-22,25,28-32H2,1-2H3/p+1. The van der Waals surface area contributed by atoms with Crippen molar-refractivity contribution in [1.82, 2.24) is 5.32 Å². The molecular formula is C38H61N2O4S+. The Labute approximate surface area is 277 Å². The summed E-state index contributed by atoms with van der Waals surface area (Å²) in [6, 6.07) is 12.8. The molecule has 6 nitrogen and oxygen atoms in total. The van der Waals surface area contributed by atoms with Crippen molar-refractivity contribution < 1.29 is 23.6 Å². The van der Waals surface area contributed by atoms with Crippen molar-refractivity contribution in [3.05, 3.63) is 42.1 Å². The van der Waals surface area contributed by atoms with Crippen molar-refractivity contribution in [2.45, 2.75) is 147 Å². The number of amides is 1.